The first-order valence-electron chi connectivity index (χ1n) is 6.94. The van der Waals surface area contributed by atoms with Crippen LogP contribution in [-0.2, 0) is 6.54 Å². The zero-order valence-corrected chi connectivity index (χ0v) is 13.2. The number of hydrogen-bond acceptors (Lipinski definition) is 2. The summed E-state index contributed by atoms with van der Waals surface area (Å²) >= 11 is 0. The summed E-state index contributed by atoms with van der Waals surface area (Å²) in [7, 11) is 2.84. The Morgan fingerprint density at radius 3 is 2.25 bits per heavy atom. The summed E-state index contributed by atoms with van der Waals surface area (Å²) in [6.45, 7) is 4.93. The zero-order chi connectivity index (χ0) is 14.4. The normalized spacial score (nSPS) is 12.4. The first kappa shape index (κ1) is 15.0. The number of ether oxygens (including phenoxy) is 1. The minimum absolute atomic E-state index is 0.212. The van der Waals surface area contributed by atoms with Gasteiger partial charge in [-0.25, -0.2) is 0 Å². The van der Waals surface area contributed by atoms with Crippen molar-refractivity contribution in [3.05, 3.63) is 65.7 Å². The molecule has 0 saturated carbocycles. The Morgan fingerprint density at radius 2 is 1.65 bits per heavy atom. The molecule has 2 aromatic carbocycles. The second-order valence-electron chi connectivity index (χ2n) is 5.08. The molecule has 0 radical (unpaired) electrons. The molecule has 20 heavy (non-hydrogen) atoms. The molecule has 0 aliphatic carbocycles. The van der Waals surface area contributed by atoms with E-state index in [1.807, 2.05) is 32.0 Å². The van der Waals surface area contributed by atoms with E-state index in [9.17, 15) is 0 Å². The predicted molar refractivity (Wildman–Crippen MR) is 87.9 cm³/mol. The van der Waals surface area contributed by atoms with Gasteiger partial charge in [-0.15, -0.1) is 9.24 Å². The highest BCUT2D eigenvalue weighted by Crippen LogP contribution is 2.23. The third-order valence-electron chi connectivity index (χ3n) is 2.98. The average molecular weight is 287 g/mol. The molecular weight excluding hydrogens is 265 g/mol. The molecule has 2 aromatic rings. The van der Waals surface area contributed by atoms with E-state index in [1.54, 1.807) is 0 Å². The maximum atomic E-state index is 5.65. The van der Waals surface area contributed by atoms with E-state index in [2.05, 4.69) is 51.0 Å². The number of hydrogen-bond donors (Lipinski definition) is 1. The molecule has 0 aromatic heterocycles. The quantitative estimate of drug-likeness (QED) is 0.806. The minimum atomic E-state index is 0.212. The number of nitrogens with one attached hydrogen (secondary N) is 1. The first-order valence-corrected chi connectivity index (χ1v) is 7.61. The highest BCUT2D eigenvalue weighted by Gasteiger charge is 2.05. The fourth-order valence-corrected chi connectivity index (χ4v) is 2.31. The second kappa shape index (κ2) is 7.42. The van der Waals surface area contributed by atoms with Gasteiger partial charge < -0.3 is 10.1 Å². The van der Waals surface area contributed by atoms with Gasteiger partial charge in [-0.1, -0.05) is 42.5 Å². The molecule has 2 unspecified atom stereocenters. The van der Waals surface area contributed by atoms with Crippen LogP contribution in [0.3, 0.4) is 0 Å². The Labute approximate surface area is 123 Å². The summed E-state index contributed by atoms with van der Waals surface area (Å²) in [5.74, 6) is 1.16. The van der Waals surface area contributed by atoms with E-state index in [0.717, 1.165) is 12.3 Å². The SMILES string of the molecule is CC(C)Oc1ccc(C(P)NCc2ccccc2)cc1. The average Bonchev–Trinajstić information content (AvgIpc) is 2.46. The molecule has 0 bridgehead atoms. The second-order valence-corrected chi connectivity index (χ2v) is 5.75. The summed E-state index contributed by atoms with van der Waals surface area (Å²) in [6.07, 6.45) is 0.212. The van der Waals surface area contributed by atoms with Crippen LogP contribution in [0.5, 0.6) is 5.75 Å². The molecule has 2 nitrogen and oxygen atoms in total. The van der Waals surface area contributed by atoms with E-state index in [4.69, 9.17) is 4.74 Å². The Hall–Kier alpha value is -1.37. The van der Waals surface area contributed by atoms with Gasteiger partial charge in [0.2, 0.25) is 0 Å². The van der Waals surface area contributed by atoms with Crippen LogP contribution in [0.25, 0.3) is 0 Å². The topological polar surface area (TPSA) is 21.3 Å². The summed E-state index contributed by atoms with van der Waals surface area (Å²) in [4.78, 5) is 0. The van der Waals surface area contributed by atoms with Gasteiger partial charge in [-0.3, -0.25) is 0 Å². The molecule has 1 N–H and O–H groups in total. The molecule has 0 saturated heterocycles. The maximum Gasteiger partial charge on any atom is 0.119 e. The fraction of sp³-hybridized carbons (Fsp3) is 0.294. The van der Waals surface area contributed by atoms with E-state index in [-0.39, 0.29) is 11.9 Å². The van der Waals surface area contributed by atoms with Crippen LogP contribution in [0.2, 0.25) is 0 Å². The van der Waals surface area contributed by atoms with E-state index in [1.165, 1.54) is 11.1 Å². The molecule has 0 aliphatic rings. The standard InChI is InChI=1S/C17H22NOP/c1-13(2)19-16-10-8-15(9-11-16)17(20)18-12-14-6-4-3-5-7-14/h3-11,13,17-18H,12,20H2,1-2H3. The monoisotopic (exact) mass is 287 g/mol. The third kappa shape index (κ3) is 4.63. The Morgan fingerprint density at radius 1 is 1.00 bits per heavy atom. The van der Waals surface area contributed by atoms with Gasteiger partial charge in [0.15, 0.2) is 0 Å². The van der Waals surface area contributed by atoms with Crippen LogP contribution in [0.4, 0.5) is 0 Å². The summed E-state index contributed by atoms with van der Waals surface area (Å²) in [5, 5.41) is 3.50. The summed E-state index contributed by atoms with van der Waals surface area (Å²) < 4.78 is 5.65. The van der Waals surface area contributed by atoms with Crippen molar-refractivity contribution in [2.75, 3.05) is 0 Å². The van der Waals surface area contributed by atoms with E-state index >= 15 is 0 Å². The third-order valence-corrected chi connectivity index (χ3v) is 3.60. The molecule has 2 rings (SSSR count). The highest BCUT2D eigenvalue weighted by molar-refractivity contribution is 7.17. The van der Waals surface area contributed by atoms with Gasteiger partial charge in [0, 0.05) is 12.3 Å². The predicted octanol–water partition coefficient (Wildman–Crippen LogP) is 4.14. The van der Waals surface area contributed by atoms with Gasteiger partial charge in [0.05, 0.1) is 6.10 Å². The largest absolute Gasteiger partial charge is 0.491 e. The van der Waals surface area contributed by atoms with Crippen molar-refractivity contribution in [2.24, 2.45) is 0 Å². The number of rotatable bonds is 6. The molecule has 0 amide bonds. The van der Waals surface area contributed by atoms with Crippen molar-refractivity contribution in [1.82, 2.24) is 5.32 Å². The lowest BCUT2D eigenvalue weighted by Crippen LogP contribution is -2.15. The van der Waals surface area contributed by atoms with Gasteiger partial charge in [0.25, 0.3) is 0 Å². The molecule has 106 valence electrons. The molecule has 0 heterocycles. The van der Waals surface area contributed by atoms with Crippen LogP contribution in [0, 0.1) is 0 Å². The smallest absolute Gasteiger partial charge is 0.119 e. The Balaban J connectivity index is 1.90. The van der Waals surface area contributed by atoms with Gasteiger partial charge in [-0.05, 0) is 37.1 Å². The Kier molecular flexibility index (Phi) is 5.58. The molecular formula is C17H22NOP. The van der Waals surface area contributed by atoms with E-state index in [0.29, 0.717) is 0 Å². The van der Waals surface area contributed by atoms with Gasteiger partial charge in [-0.2, -0.15) is 0 Å². The van der Waals surface area contributed by atoms with E-state index < -0.39 is 0 Å². The van der Waals surface area contributed by atoms with Crippen molar-refractivity contribution >= 4 is 9.24 Å². The van der Waals surface area contributed by atoms with Crippen LogP contribution < -0.4 is 10.1 Å². The first-order chi connectivity index (χ1) is 9.65. The van der Waals surface area contributed by atoms with Crippen molar-refractivity contribution in [3.8, 4) is 5.75 Å². The molecule has 3 heteroatoms. The molecule has 2 atom stereocenters. The fourth-order valence-electron chi connectivity index (χ4n) is 1.97. The van der Waals surface area contributed by atoms with Crippen LogP contribution in [0.15, 0.2) is 54.6 Å². The van der Waals surface area contributed by atoms with Crippen LogP contribution in [0.1, 0.15) is 30.8 Å². The lowest BCUT2D eigenvalue weighted by Gasteiger charge is -2.15. The Bertz CT molecular complexity index is 510. The van der Waals surface area contributed by atoms with Crippen molar-refractivity contribution in [1.29, 1.82) is 0 Å². The maximum absolute atomic E-state index is 5.65. The van der Waals surface area contributed by atoms with Crippen LogP contribution in [-0.4, -0.2) is 6.10 Å². The van der Waals surface area contributed by atoms with Crippen molar-refractivity contribution in [2.45, 2.75) is 32.3 Å². The highest BCUT2D eigenvalue weighted by atomic mass is 31.0. The zero-order valence-electron chi connectivity index (χ0n) is 12.0. The van der Waals surface area contributed by atoms with Gasteiger partial charge >= 0.3 is 0 Å². The molecule has 0 fully saturated rings. The minimum Gasteiger partial charge on any atom is -0.491 e. The van der Waals surface area contributed by atoms with Gasteiger partial charge in [0.1, 0.15) is 5.75 Å². The van der Waals surface area contributed by atoms with Crippen molar-refractivity contribution in [3.63, 3.8) is 0 Å². The molecule has 0 spiro atoms. The van der Waals surface area contributed by atoms with Crippen molar-refractivity contribution < 1.29 is 4.74 Å². The lowest BCUT2D eigenvalue weighted by atomic mass is 10.2. The number of benzene rings is 2. The summed E-state index contributed by atoms with van der Waals surface area (Å²) in [5.41, 5.74) is 2.53. The lowest BCUT2D eigenvalue weighted by molar-refractivity contribution is 0.242. The van der Waals surface area contributed by atoms with Crippen LogP contribution >= 0.6 is 9.24 Å². The molecule has 0 aliphatic heterocycles. The summed E-state index contributed by atoms with van der Waals surface area (Å²) in [6, 6.07) is 18.7.